The summed E-state index contributed by atoms with van der Waals surface area (Å²) in [5.41, 5.74) is 1.58. The molecule has 5 rings (SSSR count). The second kappa shape index (κ2) is 15.4. The van der Waals surface area contributed by atoms with Crippen molar-refractivity contribution in [2.75, 3.05) is 10.8 Å². The van der Waals surface area contributed by atoms with E-state index in [1.807, 2.05) is 36.4 Å². The van der Waals surface area contributed by atoms with E-state index in [1.54, 1.807) is 42.5 Å². The van der Waals surface area contributed by atoms with Crippen LogP contribution in [0.3, 0.4) is 0 Å². The van der Waals surface area contributed by atoms with Gasteiger partial charge in [-0.1, -0.05) is 114 Å². The van der Waals surface area contributed by atoms with Crippen molar-refractivity contribution in [3.63, 3.8) is 0 Å². The number of carbonyl (C=O) groups is 2. The lowest BCUT2D eigenvalue weighted by Crippen LogP contribution is -2.54. The van der Waals surface area contributed by atoms with Gasteiger partial charge < -0.3 is 10.2 Å². The normalized spacial score (nSPS) is 14.1. The maximum absolute atomic E-state index is 14.6. The number of nitrogens with one attached hydrogen (secondary N) is 1. The molecule has 1 unspecified atom stereocenters. The molecule has 2 amide bonds. The minimum Gasteiger partial charge on any atom is -0.352 e. The lowest BCUT2D eigenvalue weighted by molar-refractivity contribution is -0.140. The standard InChI is InChI=1S/C35H34Cl3N3O4S/c36-27-14-9-13-26(21-27)23-40(32(22-25-11-3-1-4-12-25)35(43)39-28-15-7-8-16-28)33(42)24-41(31-20-10-19-30(37)34(31)38)46(44,45)29-17-5-2-6-18-29/h1-6,9-14,17-21,28,32H,7-8,15-16,22-24H2,(H,39,43). The molecule has 7 nitrogen and oxygen atoms in total. The van der Waals surface area contributed by atoms with Crippen LogP contribution in [0.2, 0.25) is 15.1 Å². The summed E-state index contributed by atoms with van der Waals surface area (Å²) in [6.07, 6.45) is 3.98. The van der Waals surface area contributed by atoms with Gasteiger partial charge in [-0.25, -0.2) is 8.42 Å². The van der Waals surface area contributed by atoms with E-state index in [0.29, 0.717) is 10.6 Å². The van der Waals surface area contributed by atoms with Crippen LogP contribution in [0.4, 0.5) is 5.69 Å². The highest BCUT2D eigenvalue weighted by atomic mass is 35.5. The molecule has 4 aromatic rings. The average molecular weight is 699 g/mol. The Labute approximate surface area is 285 Å². The van der Waals surface area contributed by atoms with Crippen molar-refractivity contribution in [3.8, 4) is 0 Å². The topological polar surface area (TPSA) is 86.8 Å². The molecule has 0 bridgehead atoms. The molecule has 4 aromatic carbocycles. The first-order valence-electron chi connectivity index (χ1n) is 15.0. The predicted molar refractivity (Wildman–Crippen MR) is 184 cm³/mol. The van der Waals surface area contributed by atoms with Crippen molar-refractivity contribution in [2.24, 2.45) is 0 Å². The van der Waals surface area contributed by atoms with Gasteiger partial charge in [-0.05, 0) is 60.4 Å². The van der Waals surface area contributed by atoms with E-state index < -0.39 is 28.5 Å². The van der Waals surface area contributed by atoms with E-state index in [4.69, 9.17) is 34.8 Å². The van der Waals surface area contributed by atoms with Gasteiger partial charge in [-0.3, -0.25) is 13.9 Å². The molecule has 46 heavy (non-hydrogen) atoms. The molecule has 0 spiro atoms. The van der Waals surface area contributed by atoms with Gasteiger partial charge in [-0.15, -0.1) is 0 Å². The Morgan fingerprint density at radius 1 is 0.804 bits per heavy atom. The molecule has 1 aliphatic rings. The fourth-order valence-corrected chi connectivity index (χ4v) is 7.78. The fourth-order valence-electron chi connectivity index (χ4n) is 5.67. The summed E-state index contributed by atoms with van der Waals surface area (Å²) in [6.45, 7) is -0.628. The Kier molecular flexibility index (Phi) is 11.3. The first-order chi connectivity index (χ1) is 22.1. The van der Waals surface area contributed by atoms with Crippen LogP contribution in [-0.2, 0) is 32.6 Å². The zero-order valence-electron chi connectivity index (χ0n) is 25.0. The van der Waals surface area contributed by atoms with Gasteiger partial charge in [0.15, 0.2) is 0 Å². The van der Waals surface area contributed by atoms with Crippen LogP contribution in [0.15, 0.2) is 108 Å². The van der Waals surface area contributed by atoms with Crippen molar-refractivity contribution in [1.29, 1.82) is 0 Å². The number of halogens is 3. The number of hydrogen-bond acceptors (Lipinski definition) is 4. The predicted octanol–water partition coefficient (Wildman–Crippen LogP) is 7.54. The van der Waals surface area contributed by atoms with Gasteiger partial charge >= 0.3 is 0 Å². The third-order valence-electron chi connectivity index (χ3n) is 8.02. The molecule has 1 saturated carbocycles. The lowest BCUT2D eigenvalue weighted by atomic mass is 10.0. The number of hydrogen-bond donors (Lipinski definition) is 1. The Morgan fingerprint density at radius 3 is 2.11 bits per heavy atom. The minimum absolute atomic E-state index is 0.00844. The first-order valence-corrected chi connectivity index (χ1v) is 17.6. The smallest absolute Gasteiger partial charge is 0.264 e. The van der Waals surface area contributed by atoms with E-state index in [9.17, 15) is 18.0 Å². The molecule has 240 valence electrons. The molecular formula is C35H34Cl3N3O4S. The number of anilines is 1. The highest BCUT2D eigenvalue weighted by Gasteiger charge is 2.36. The zero-order valence-corrected chi connectivity index (χ0v) is 28.1. The van der Waals surface area contributed by atoms with E-state index in [1.165, 1.54) is 29.2 Å². The Hall–Kier alpha value is -3.56. The van der Waals surface area contributed by atoms with Crippen LogP contribution < -0.4 is 9.62 Å². The monoisotopic (exact) mass is 697 g/mol. The van der Waals surface area contributed by atoms with Crippen LogP contribution in [0.25, 0.3) is 0 Å². The zero-order chi connectivity index (χ0) is 32.7. The molecule has 1 fully saturated rings. The number of sulfonamides is 1. The molecule has 1 atom stereocenters. The maximum Gasteiger partial charge on any atom is 0.264 e. The quantitative estimate of drug-likeness (QED) is 0.166. The number of nitrogens with zero attached hydrogens (tertiary/aromatic N) is 2. The van der Waals surface area contributed by atoms with Crippen LogP contribution >= 0.6 is 34.8 Å². The third kappa shape index (κ3) is 8.23. The summed E-state index contributed by atoms with van der Waals surface area (Å²) < 4.78 is 29.2. The fraction of sp³-hybridized carbons (Fsp3) is 0.257. The van der Waals surface area contributed by atoms with Crippen molar-refractivity contribution in [3.05, 3.63) is 129 Å². The summed E-state index contributed by atoms with van der Waals surface area (Å²) >= 11 is 19.2. The molecule has 1 aliphatic carbocycles. The molecule has 0 radical (unpaired) electrons. The van der Waals surface area contributed by atoms with Gasteiger partial charge in [0.05, 0.1) is 20.6 Å². The number of rotatable bonds is 12. The van der Waals surface area contributed by atoms with Crippen LogP contribution in [0.1, 0.15) is 36.8 Å². The highest BCUT2D eigenvalue weighted by molar-refractivity contribution is 7.92. The van der Waals surface area contributed by atoms with Crippen LogP contribution in [-0.4, -0.2) is 43.8 Å². The van der Waals surface area contributed by atoms with Gasteiger partial charge in [0.25, 0.3) is 10.0 Å². The first kappa shape index (κ1) is 33.8. The SMILES string of the molecule is O=C(NC1CCCC1)C(Cc1ccccc1)N(Cc1cccc(Cl)c1)C(=O)CN(c1cccc(Cl)c1Cl)S(=O)(=O)c1ccccc1. The third-order valence-corrected chi connectivity index (χ3v) is 10.8. The molecule has 0 saturated heterocycles. The lowest BCUT2D eigenvalue weighted by Gasteiger charge is -2.34. The Morgan fingerprint density at radius 2 is 1.43 bits per heavy atom. The summed E-state index contributed by atoms with van der Waals surface area (Å²) in [5.74, 6) is -0.901. The molecular weight excluding hydrogens is 665 g/mol. The Bertz CT molecular complexity index is 1770. The second-order valence-corrected chi connectivity index (χ2v) is 14.3. The molecule has 1 N–H and O–H groups in total. The Balaban J connectivity index is 1.59. The number of amides is 2. The van der Waals surface area contributed by atoms with Crippen LogP contribution in [0, 0.1) is 0 Å². The summed E-state index contributed by atoms with van der Waals surface area (Å²) in [6, 6.07) is 27.9. The van der Waals surface area contributed by atoms with Gasteiger partial charge in [0.2, 0.25) is 11.8 Å². The molecule has 0 aromatic heterocycles. The summed E-state index contributed by atoms with van der Waals surface area (Å²) in [5, 5.41) is 3.75. The van der Waals surface area contributed by atoms with Crippen molar-refractivity contribution in [2.45, 2.75) is 55.6 Å². The minimum atomic E-state index is -4.30. The molecule has 11 heteroatoms. The van der Waals surface area contributed by atoms with E-state index >= 15 is 0 Å². The van der Waals surface area contributed by atoms with Crippen LogP contribution in [0.5, 0.6) is 0 Å². The summed E-state index contributed by atoms with van der Waals surface area (Å²) in [7, 11) is -4.30. The number of carbonyl (C=O) groups excluding carboxylic acids is 2. The second-order valence-electron chi connectivity index (χ2n) is 11.2. The highest BCUT2D eigenvalue weighted by Crippen LogP contribution is 2.35. The van der Waals surface area contributed by atoms with Crippen molar-refractivity contribution < 1.29 is 18.0 Å². The average Bonchev–Trinajstić information content (AvgIpc) is 3.57. The largest absolute Gasteiger partial charge is 0.352 e. The van der Waals surface area contributed by atoms with E-state index in [2.05, 4.69) is 5.32 Å². The van der Waals surface area contributed by atoms with Gasteiger partial charge in [0, 0.05) is 24.0 Å². The molecule has 0 aliphatic heterocycles. The van der Waals surface area contributed by atoms with Crippen molar-refractivity contribution in [1.82, 2.24) is 10.2 Å². The molecule has 0 heterocycles. The summed E-state index contributed by atoms with van der Waals surface area (Å²) in [4.78, 5) is 30.1. The van der Waals surface area contributed by atoms with Gasteiger partial charge in [-0.2, -0.15) is 0 Å². The van der Waals surface area contributed by atoms with Gasteiger partial charge in [0.1, 0.15) is 12.6 Å². The van der Waals surface area contributed by atoms with E-state index in [-0.39, 0.29) is 45.5 Å². The number of benzene rings is 4. The van der Waals surface area contributed by atoms with E-state index in [0.717, 1.165) is 35.6 Å². The maximum atomic E-state index is 14.6. The van der Waals surface area contributed by atoms with Crippen molar-refractivity contribution >= 4 is 62.3 Å².